The molecule has 0 amide bonds. The van der Waals surface area contributed by atoms with Gasteiger partial charge in [-0.25, -0.2) is 0 Å². The van der Waals surface area contributed by atoms with Gasteiger partial charge in [-0.3, -0.25) is 0 Å². The van der Waals surface area contributed by atoms with Gasteiger partial charge < -0.3 is 0 Å². The number of rotatable bonds is 0. The molecule has 0 aromatic carbocycles. The summed E-state index contributed by atoms with van der Waals surface area (Å²) in [7, 11) is 0. The molecule has 0 saturated carbocycles. The summed E-state index contributed by atoms with van der Waals surface area (Å²) < 4.78 is 0. The smallest absolute Gasteiger partial charge is 0 e. The Morgan fingerprint density at radius 1 is 1.00 bits per heavy atom. The van der Waals surface area contributed by atoms with Crippen LogP contribution in [0, 0.1) is 0 Å². The Morgan fingerprint density at radius 3 is 1.00 bits per heavy atom. The third-order valence-electron chi connectivity index (χ3n) is 0. The fraction of sp³-hybridized carbons (Fsp3) is 1.00. The molecule has 4 heavy (non-hydrogen) atoms. The minimum absolute atomic E-state index is 0. The molecule has 0 fully saturated rings. The molecule has 0 aromatic heterocycles. The van der Waals surface area contributed by atoms with Crippen molar-refractivity contribution in [1.29, 1.82) is 0 Å². The maximum Gasteiger partial charge on any atom is 0 e. The van der Waals surface area contributed by atoms with Crippen LogP contribution in [0.25, 0.3) is 0 Å². The van der Waals surface area contributed by atoms with Gasteiger partial charge in [-0.05, 0) is 0 Å². The van der Waals surface area contributed by atoms with Crippen molar-refractivity contribution in [3.8, 4) is 0 Å². The second-order valence-electron chi connectivity index (χ2n) is 0. The Balaban J connectivity index is 0. The molecule has 0 saturated heterocycles. The average molecular weight is 200 g/mol. The van der Waals surface area contributed by atoms with Gasteiger partial charge in [0.1, 0.15) is 0 Å². The summed E-state index contributed by atoms with van der Waals surface area (Å²) >= 11 is 0. The SMILES string of the molecule is C.P.[Sb].[Si]. The molecule has 0 aliphatic carbocycles. The van der Waals surface area contributed by atoms with E-state index in [1.165, 1.54) is 0 Å². The quantitative estimate of drug-likeness (QED) is 0.379. The van der Waals surface area contributed by atoms with Crippen molar-refractivity contribution < 1.29 is 0 Å². The van der Waals surface area contributed by atoms with Gasteiger partial charge in [-0.15, -0.1) is 0 Å². The molecule has 0 N–H and O–H groups in total. The van der Waals surface area contributed by atoms with Crippen molar-refractivity contribution in [2.75, 3.05) is 0 Å². The Labute approximate surface area is 52.8 Å². The Hall–Kier alpha value is 1.47. The van der Waals surface area contributed by atoms with Crippen LogP contribution in [0.5, 0.6) is 0 Å². The molecular weight excluding hydrogens is 193 g/mol. The third kappa shape index (κ3) is 9.81. The van der Waals surface area contributed by atoms with Crippen LogP contribution in [0.15, 0.2) is 0 Å². The van der Waals surface area contributed by atoms with E-state index in [0.29, 0.717) is 0 Å². The van der Waals surface area contributed by atoms with Crippen LogP contribution < -0.4 is 0 Å². The molecule has 0 nitrogen and oxygen atoms in total. The fourth-order valence-corrected chi connectivity index (χ4v) is 0. The average Bonchev–Trinajstić information content (AvgIpc) is 0. The first-order valence-electron chi connectivity index (χ1n) is 0. The van der Waals surface area contributed by atoms with Gasteiger partial charge in [0.05, 0.1) is 0 Å². The summed E-state index contributed by atoms with van der Waals surface area (Å²) in [5.41, 5.74) is 0. The summed E-state index contributed by atoms with van der Waals surface area (Å²) in [5, 5.41) is 0. The largest absolute Gasteiger partial charge is 0.153 e. The molecule has 0 bridgehead atoms. The second-order valence-corrected chi connectivity index (χ2v) is 0. The van der Waals surface area contributed by atoms with Crippen LogP contribution in [-0.2, 0) is 0 Å². The van der Waals surface area contributed by atoms with Gasteiger partial charge in [0, 0.05) is 35.4 Å². The fourth-order valence-electron chi connectivity index (χ4n) is 0. The first kappa shape index (κ1) is 50.8. The molecule has 1 unspecified atom stereocenters. The minimum atomic E-state index is 0. The normalized spacial score (nSPS) is 0. The topological polar surface area (TPSA) is 0 Å². The molecule has 0 aliphatic rings. The van der Waals surface area contributed by atoms with E-state index in [0.717, 1.165) is 0 Å². The molecule has 0 aliphatic heterocycles. The molecular formula is CH7PSbSi. The summed E-state index contributed by atoms with van der Waals surface area (Å²) in [6, 6.07) is 0. The van der Waals surface area contributed by atoms with E-state index in [1.807, 2.05) is 0 Å². The number of hydrogen-bond donors (Lipinski definition) is 0. The Kier molecular flexibility index (Phi) is 317. The van der Waals surface area contributed by atoms with Gasteiger partial charge in [0.25, 0.3) is 0 Å². The molecule has 0 rings (SSSR count). The zero-order valence-electron chi connectivity index (χ0n) is 1.65. The van der Waals surface area contributed by atoms with Crippen molar-refractivity contribution in [2.24, 2.45) is 0 Å². The molecule has 7 radical (unpaired) electrons. The molecule has 1 atom stereocenters. The van der Waals surface area contributed by atoms with Crippen molar-refractivity contribution in [3.63, 3.8) is 0 Å². The zero-order chi connectivity index (χ0) is 0. The van der Waals surface area contributed by atoms with E-state index in [4.69, 9.17) is 0 Å². The van der Waals surface area contributed by atoms with Crippen LogP contribution in [0.4, 0.5) is 0 Å². The van der Waals surface area contributed by atoms with Gasteiger partial charge in [0.15, 0.2) is 0 Å². The monoisotopic (exact) mass is 199 g/mol. The molecule has 3 heteroatoms. The van der Waals surface area contributed by atoms with Crippen LogP contribution in [0.1, 0.15) is 7.43 Å². The van der Waals surface area contributed by atoms with Gasteiger partial charge in [0.2, 0.25) is 0 Å². The zero-order valence-corrected chi connectivity index (χ0v) is 6.62. The first-order valence-corrected chi connectivity index (χ1v) is 0. The van der Waals surface area contributed by atoms with E-state index >= 15 is 0 Å². The molecule has 0 spiro atoms. The Bertz CT molecular complexity index is 8.00. The van der Waals surface area contributed by atoms with Crippen LogP contribution in [-0.4, -0.2) is 35.4 Å². The third-order valence-corrected chi connectivity index (χ3v) is 0. The van der Waals surface area contributed by atoms with E-state index < -0.39 is 0 Å². The van der Waals surface area contributed by atoms with Gasteiger partial charge >= 0.3 is 0 Å². The summed E-state index contributed by atoms with van der Waals surface area (Å²) in [5.74, 6) is 0. The maximum absolute atomic E-state index is 0. The molecule has 0 aromatic rings. The molecule has 25 valence electrons. The summed E-state index contributed by atoms with van der Waals surface area (Å²) in [4.78, 5) is 0. The van der Waals surface area contributed by atoms with Crippen molar-refractivity contribution in [1.82, 2.24) is 0 Å². The summed E-state index contributed by atoms with van der Waals surface area (Å²) in [6.07, 6.45) is 0. The second kappa shape index (κ2) is 25.0. The van der Waals surface area contributed by atoms with E-state index in [2.05, 4.69) is 0 Å². The van der Waals surface area contributed by atoms with Crippen molar-refractivity contribution in [2.45, 2.75) is 7.43 Å². The van der Waals surface area contributed by atoms with E-state index in [1.54, 1.807) is 0 Å². The first-order chi connectivity index (χ1) is 0. The number of hydrogen-bond acceptors (Lipinski definition) is 0. The van der Waals surface area contributed by atoms with E-state index in [-0.39, 0.29) is 52.7 Å². The standard InChI is InChI=1S/CH4.H3P.Sb.Si/h1H4;1H3;;. The predicted octanol–water partition coefficient (Wildman–Crippen LogP) is -0.0674. The van der Waals surface area contributed by atoms with Gasteiger partial charge in [-0.2, -0.15) is 9.90 Å². The van der Waals surface area contributed by atoms with Crippen molar-refractivity contribution in [3.05, 3.63) is 0 Å². The van der Waals surface area contributed by atoms with Crippen LogP contribution in [0.3, 0.4) is 0 Å². The minimum Gasteiger partial charge on any atom is -0.153 e. The summed E-state index contributed by atoms with van der Waals surface area (Å²) in [6.45, 7) is 0. The van der Waals surface area contributed by atoms with Gasteiger partial charge in [-0.1, -0.05) is 7.43 Å². The van der Waals surface area contributed by atoms with Crippen LogP contribution >= 0.6 is 9.90 Å². The van der Waals surface area contributed by atoms with Crippen molar-refractivity contribution >= 4 is 45.3 Å². The van der Waals surface area contributed by atoms with E-state index in [9.17, 15) is 0 Å². The van der Waals surface area contributed by atoms with Crippen LogP contribution in [0.2, 0.25) is 0 Å². The maximum atomic E-state index is 0. The Morgan fingerprint density at radius 2 is 1.00 bits per heavy atom. The predicted molar refractivity (Wildman–Crippen MR) is 29.3 cm³/mol. The molecule has 0 heterocycles.